The minimum atomic E-state index is -0.686. The molecule has 0 aliphatic rings. The zero-order valence-corrected chi connectivity index (χ0v) is 12.0. The Bertz CT molecular complexity index is 695. The molecule has 0 bridgehead atoms. The highest BCUT2D eigenvalue weighted by atomic mass is 35.5. The van der Waals surface area contributed by atoms with Gasteiger partial charge in [0.15, 0.2) is 0 Å². The largest absolute Gasteiger partial charge is 0.392 e. The van der Waals surface area contributed by atoms with E-state index in [1.165, 1.54) is 13.1 Å². The summed E-state index contributed by atoms with van der Waals surface area (Å²) in [5, 5.41) is 12.1. The lowest BCUT2D eigenvalue weighted by Crippen LogP contribution is -2.34. The molecule has 0 fully saturated rings. The second-order valence-electron chi connectivity index (χ2n) is 4.54. The van der Waals surface area contributed by atoms with Gasteiger partial charge in [0, 0.05) is 23.3 Å². The minimum absolute atomic E-state index is 0.0667. The molecule has 7 heteroatoms. The fraction of sp³-hybridized carbons (Fsp3) is 0.214. The number of halogens is 1. The van der Waals surface area contributed by atoms with E-state index < -0.39 is 17.6 Å². The number of benzene rings is 1. The maximum Gasteiger partial charge on any atom is 0.264 e. The molecule has 3 N–H and O–H groups in total. The molecule has 0 aliphatic heterocycles. The summed E-state index contributed by atoms with van der Waals surface area (Å²) >= 11 is 5.79. The standard InChI is InChI=1S/C14H14ClN3O3/c1-8(19)6-17-13(20)11-7-16-12(18-14(11)21)9-2-4-10(15)5-3-9/h2-5,7-8,19H,6H2,1H3,(H,17,20)(H,16,18,21). The Hall–Kier alpha value is -2.18. The molecule has 6 nitrogen and oxygen atoms in total. The average molecular weight is 308 g/mol. The molecule has 1 unspecified atom stereocenters. The number of aliphatic hydroxyl groups is 1. The Morgan fingerprint density at radius 3 is 2.67 bits per heavy atom. The number of aromatic amines is 1. The monoisotopic (exact) mass is 307 g/mol. The van der Waals surface area contributed by atoms with E-state index >= 15 is 0 Å². The van der Waals surface area contributed by atoms with E-state index in [2.05, 4.69) is 15.3 Å². The lowest BCUT2D eigenvalue weighted by molar-refractivity contribution is 0.0922. The number of nitrogens with one attached hydrogen (secondary N) is 2. The quantitative estimate of drug-likeness (QED) is 0.791. The van der Waals surface area contributed by atoms with Gasteiger partial charge in [0.1, 0.15) is 11.4 Å². The third-order valence-corrected chi connectivity index (χ3v) is 2.97. The van der Waals surface area contributed by atoms with Crippen molar-refractivity contribution in [2.24, 2.45) is 0 Å². The molecule has 1 amide bonds. The van der Waals surface area contributed by atoms with Crippen LogP contribution in [0.1, 0.15) is 17.3 Å². The van der Waals surface area contributed by atoms with Crippen molar-refractivity contribution in [3.63, 3.8) is 0 Å². The summed E-state index contributed by atoms with van der Waals surface area (Å²) in [5.74, 6) is -0.226. The van der Waals surface area contributed by atoms with Crippen molar-refractivity contribution in [3.8, 4) is 11.4 Å². The van der Waals surface area contributed by atoms with Gasteiger partial charge in [-0.3, -0.25) is 9.59 Å². The molecule has 1 heterocycles. The van der Waals surface area contributed by atoms with Gasteiger partial charge < -0.3 is 15.4 Å². The Morgan fingerprint density at radius 1 is 1.43 bits per heavy atom. The van der Waals surface area contributed by atoms with E-state index in [-0.39, 0.29) is 12.1 Å². The number of nitrogens with zero attached hydrogens (tertiary/aromatic N) is 1. The molecule has 0 saturated carbocycles. The zero-order chi connectivity index (χ0) is 15.4. The molecule has 1 aromatic carbocycles. The fourth-order valence-corrected chi connectivity index (χ4v) is 1.77. The number of aromatic nitrogens is 2. The molecular formula is C14H14ClN3O3. The van der Waals surface area contributed by atoms with Crippen LogP contribution < -0.4 is 10.9 Å². The maximum atomic E-state index is 11.9. The molecule has 0 radical (unpaired) electrons. The molecule has 0 saturated heterocycles. The van der Waals surface area contributed by atoms with Crippen molar-refractivity contribution >= 4 is 17.5 Å². The van der Waals surface area contributed by atoms with Crippen molar-refractivity contribution in [1.29, 1.82) is 0 Å². The summed E-state index contributed by atoms with van der Waals surface area (Å²) in [6.45, 7) is 1.60. The van der Waals surface area contributed by atoms with Crippen molar-refractivity contribution in [2.75, 3.05) is 6.54 Å². The number of hydrogen-bond acceptors (Lipinski definition) is 4. The van der Waals surface area contributed by atoms with Crippen molar-refractivity contribution in [3.05, 3.63) is 51.4 Å². The summed E-state index contributed by atoms with van der Waals surface area (Å²) in [7, 11) is 0. The van der Waals surface area contributed by atoms with Crippen LogP contribution in [0.4, 0.5) is 0 Å². The predicted molar refractivity (Wildman–Crippen MR) is 79.3 cm³/mol. The van der Waals surface area contributed by atoms with Crippen LogP contribution in [-0.2, 0) is 0 Å². The van der Waals surface area contributed by atoms with Gasteiger partial charge in [0.2, 0.25) is 0 Å². The lowest BCUT2D eigenvalue weighted by Gasteiger charge is -2.07. The van der Waals surface area contributed by atoms with E-state index in [9.17, 15) is 9.59 Å². The first kappa shape index (κ1) is 15.2. The SMILES string of the molecule is CC(O)CNC(=O)c1cnc(-c2ccc(Cl)cc2)[nH]c1=O. The maximum absolute atomic E-state index is 11.9. The van der Waals surface area contributed by atoms with Crippen LogP contribution in [0, 0.1) is 0 Å². The first-order valence-electron chi connectivity index (χ1n) is 6.29. The third-order valence-electron chi connectivity index (χ3n) is 2.72. The first-order chi connectivity index (χ1) is 9.97. The van der Waals surface area contributed by atoms with E-state index in [1.54, 1.807) is 24.3 Å². The van der Waals surface area contributed by atoms with Crippen LogP contribution in [0.15, 0.2) is 35.3 Å². The summed E-state index contributed by atoms with van der Waals surface area (Å²) in [6, 6.07) is 6.79. The Balaban J connectivity index is 2.23. The molecule has 2 aromatic rings. The first-order valence-corrected chi connectivity index (χ1v) is 6.66. The minimum Gasteiger partial charge on any atom is -0.392 e. The molecule has 0 aliphatic carbocycles. The van der Waals surface area contributed by atoms with E-state index in [0.717, 1.165) is 0 Å². The van der Waals surface area contributed by atoms with Crippen LogP contribution in [0.25, 0.3) is 11.4 Å². The Morgan fingerprint density at radius 2 is 2.10 bits per heavy atom. The third kappa shape index (κ3) is 3.90. The molecular weight excluding hydrogens is 294 g/mol. The van der Waals surface area contributed by atoms with Crippen LogP contribution >= 0.6 is 11.6 Å². The molecule has 2 rings (SSSR count). The number of rotatable bonds is 4. The smallest absolute Gasteiger partial charge is 0.264 e. The van der Waals surface area contributed by atoms with Gasteiger partial charge in [-0.05, 0) is 31.2 Å². The number of carbonyl (C=O) groups excluding carboxylic acids is 1. The molecule has 110 valence electrons. The number of hydrogen-bond donors (Lipinski definition) is 3. The Kier molecular flexibility index (Phi) is 4.72. The van der Waals surface area contributed by atoms with Gasteiger partial charge in [0.05, 0.1) is 6.10 Å². The number of aliphatic hydroxyl groups excluding tert-OH is 1. The average Bonchev–Trinajstić information content (AvgIpc) is 2.45. The lowest BCUT2D eigenvalue weighted by atomic mass is 10.2. The molecule has 1 aromatic heterocycles. The second-order valence-corrected chi connectivity index (χ2v) is 4.98. The second kappa shape index (κ2) is 6.51. The number of carbonyl (C=O) groups is 1. The highest BCUT2D eigenvalue weighted by molar-refractivity contribution is 6.30. The van der Waals surface area contributed by atoms with Crippen LogP contribution in [0.5, 0.6) is 0 Å². The van der Waals surface area contributed by atoms with Crippen molar-refractivity contribution in [1.82, 2.24) is 15.3 Å². The fourth-order valence-electron chi connectivity index (χ4n) is 1.65. The van der Waals surface area contributed by atoms with Crippen molar-refractivity contribution < 1.29 is 9.90 Å². The van der Waals surface area contributed by atoms with Crippen molar-refractivity contribution in [2.45, 2.75) is 13.0 Å². The highest BCUT2D eigenvalue weighted by Crippen LogP contribution is 2.16. The van der Waals surface area contributed by atoms with Gasteiger partial charge in [-0.1, -0.05) is 11.6 Å². The normalized spacial score (nSPS) is 12.0. The predicted octanol–water partition coefficient (Wildman–Crippen LogP) is 1.20. The zero-order valence-electron chi connectivity index (χ0n) is 11.3. The summed E-state index contributed by atoms with van der Waals surface area (Å²) in [4.78, 5) is 30.3. The Labute approximate surface area is 125 Å². The number of H-pyrrole nitrogens is 1. The van der Waals surface area contributed by atoms with Gasteiger partial charge >= 0.3 is 0 Å². The molecule has 0 spiro atoms. The summed E-state index contributed by atoms with van der Waals surface area (Å²) in [5.41, 5.74) is 0.0406. The van der Waals surface area contributed by atoms with Gasteiger partial charge in [-0.2, -0.15) is 0 Å². The topological polar surface area (TPSA) is 95.1 Å². The van der Waals surface area contributed by atoms with Gasteiger partial charge in [-0.25, -0.2) is 4.98 Å². The van der Waals surface area contributed by atoms with Crippen LogP contribution in [0.3, 0.4) is 0 Å². The highest BCUT2D eigenvalue weighted by Gasteiger charge is 2.12. The summed E-state index contributed by atoms with van der Waals surface area (Å²) < 4.78 is 0. The van der Waals surface area contributed by atoms with E-state index in [4.69, 9.17) is 16.7 Å². The van der Waals surface area contributed by atoms with E-state index in [0.29, 0.717) is 16.4 Å². The molecule has 1 atom stereocenters. The van der Waals surface area contributed by atoms with Gasteiger partial charge in [-0.15, -0.1) is 0 Å². The van der Waals surface area contributed by atoms with E-state index in [1.807, 2.05) is 0 Å². The number of amides is 1. The van der Waals surface area contributed by atoms with Crippen LogP contribution in [-0.4, -0.2) is 33.6 Å². The van der Waals surface area contributed by atoms with Crippen LogP contribution in [0.2, 0.25) is 5.02 Å². The van der Waals surface area contributed by atoms with Gasteiger partial charge in [0.25, 0.3) is 11.5 Å². The summed E-state index contributed by atoms with van der Waals surface area (Å²) in [6.07, 6.45) is 0.523. The molecule has 21 heavy (non-hydrogen) atoms.